The maximum atomic E-state index is 9.34. The van der Waals surface area contributed by atoms with Gasteiger partial charge in [0.15, 0.2) is 0 Å². The van der Waals surface area contributed by atoms with Gasteiger partial charge in [0, 0.05) is 28.2 Å². The minimum absolute atomic E-state index is 0.118. The van der Waals surface area contributed by atoms with Crippen molar-refractivity contribution in [2.45, 2.75) is 26.2 Å². The van der Waals surface area contributed by atoms with E-state index in [9.17, 15) is 5.11 Å². The van der Waals surface area contributed by atoms with Crippen molar-refractivity contribution in [3.05, 3.63) is 28.3 Å². The average molecular weight is 236 g/mol. The van der Waals surface area contributed by atoms with Gasteiger partial charge in [-0.3, -0.25) is 0 Å². The molecule has 0 unspecified atom stereocenters. The number of rotatable bonds is 3. The van der Waals surface area contributed by atoms with Gasteiger partial charge in [0.2, 0.25) is 0 Å². The van der Waals surface area contributed by atoms with Crippen LogP contribution in [-0.4, -0.2) is 21.7 Å². The lowest BCUT2D eigenvalue weighted by atomic mass is 9.96. The van der Waals surface area contributed by atoms with Gasteiger partial charge >= 0.3 is 0 Å². The highest BCUT2D eigenvalue weighted by molar-refractivity contribution is 7.12. The molecule has 0 amide bonds. The zero-order valence-electron chi connectivity index (χ0n) is 9.74. The number of aromatic amines is 1. The molecule has 0 fully saturated rings. The van der Waals surface area contributed by atoms with Crippen molar-refractivity contribution in [2.75, 3.05) is 6.61 Å². The highest BCUT2D eigenvalue weighted by Gasteiger charge is 2.25. The van der Waals surface area contributed by atoms with E-state index in [1.807, 2.05) is 32.3 Å². The highest BCUT2D eigenvalue weighted by Crippen LogP contribution is 2.33. The highest BCUT2D eigenvalue weighted by atomic mass is 32.1. The van der Waals surface area contributed by atoms with Gasteiger partial charge in [-0.15, -0.1) is 11.3 Å². The molecule has 0 radical (unpaired) electrons. The summed E-state index contributed by atoms with van der Waals surface area (Å²) in [4.78, 5) is 8.86. The lowest BCUT2D eigenvalue weighted by molar-refractivity contribution is 0.218. The monoisotopic (exact) mass is 236 g/mol. The Morgan fingerprint density at radius 3 is 2.81 bits per heavy atom. The summed E-state index contributed by atoms with van der Waals surface area (Å²) in [5.41, 5.74) is 1.86. The summed E-state index contributed by atoms with van der Waals surface area (Å²) in [6.45, 7) is 6.20. The number of hydrogen-bond acceptors (Lipinski definition) is 3. The molecule has 0 aliphatic rings. The number of nitrogens with one attached hydrogen (secondary N) is 1. The molecule has 0 aliphatic heterocycles. The van der Waals surface area contributed by atoms with Crippen LogP contribution in [0.2, 0.25) is 0 Å². The lowest BCUT2D eigenvalue weighted by Crippen LogP contribution is -2.21. The van der Waals surface area contributed by atoms with E-state index in [1.165, 1.54) is 4.88 Å². The molecule has 2 aromatic heterocycles. The van der Waals surface area contributed by atoms with Crippen LogP contribution in [0, 0.1) is 6.92 Å². The normalized spacial score (nSPS) is 12.0. The number of aliphatic hydroxyl groups is 1. The molecular formula is C12H16N2OS. The molecule has 4 heteroatoms. The Balaban J connectivity index is 2.44. The van der Waals surface area contributed by atoms with E-state index in [-0.39, 0.29) is 12.0 Å². The number of aryl methyl sites for hydroxylation is 1. The summed E-state index contributed by atoms with van der Waals surface area (Å²) in [6.07, 6.45) is 3.84. The molecular weight excluding hydrogens is 220 g/mol. The third-order valence-electron chi connectivity index (χ3n) is 2.64. The van der Waals surface area contributed by atoms with E-state index in [4.69, 9.17) is 0 Å². The molecule has 2 N–H and O–H groups in total. The smallest absolute Gasteiger partial charge is 0.101 e. The maximum Gasteiger partial charge on any atom is 0.101 e. The Labute approximate surface area is 99.2 Å². The van der Waals surface area contributed by atoms with Gasteiger partial charge in [0.05, 0.1) is 12.3 Å². The molecule has 86 valence electrons. The first-order chi connectivity index (χ1) is 7.54. The Morgan fingerprint density at radius 2 is 2.25 bits per heavy atom. The molecule has 0 saturated heterocycles. The largest absolute Gasteiger partial charge is 0.395 e. The molecule has 0 saturated carbocycles. The first-order valence-corrected chi connectivity index (χ1v) is 6.08. The number of aliphatic hydroxyl groups excluding tert-OH is 1. The number of H-pyrrole nitrogens is 1. The lowest BCUT2D eigenvalue weighted by Gasteiger charge is -2.17. The van der Waals surface area contributed by atoms with Crippen LogP contribution in [0.15, 0.2) is 18.5 Å². The molecule has 16 heavy (non-hydrogen) atoms. The van der Waals surface area contributed by atoms with Gasteiger partial charge in [-0.25, -0.2) is 4.98 Å². The Morgan fingerprint density at radius 1 is 1.50 bits per heavy atom. The van der Waals surface area contributed by atoms with Crippen LogP contribution in [0.3, 0.4) is 0 Å². The Bertz CT molecular complexity index is 471. The summed E-state index contributed by atoms with van der Waals surface area (Å²) in [7, 11) is 0. The standard InChI is InChI=1S/C12H16N2OS/c1-8-10(9-4-5-13-6-9)14-11(16-8)12(2,3)7-15/h4-6,13,15H,7H2,1-3H3. The van der Waals surface area contributed by atoms with Crippen LogP contribution in [-0.2, 0) is 5.41 Å². The SMILES string of the molecule is Cc1sc(C(C)(C)CO)nc1-c1cc[nH]c1. The zero-order valence-corrected chi connectivity index (χ0v) is 10.6. The van der Waals surface area contributed by atoms with E-state index >= 15 is 0 Å². The fourth-order valence-corrected chi connectivity index (χ4v) is 2.52. The third kappa shape index (κ3) is 1.90. The van der Waals surface area contributed by atoms with Crippen molar-refractivity contribution in [1.82, 2.24) is 9.97 Å². The third-order valence-corrected chi connectivity index (χ3v) is 3.98. The van der Waals surface area contributed by atoms with Crippen molar-refractivity contribution in [3.63, 3.8) is 0 Å². The second-order valence-electron chi connectivity index (χ2n) is 4.57. The summed E-state index contributed by atoms with van der Waals surface area (Å²) in [6, 6.07) is 2.01. The topological polar surface area (TPSA) is 48.9 Å². The van der Waals surface area contributed by atoms with Gasteiger partial charge in [-0.2, -0.15) is 0 Å². The van der Waals surface area contributed by atoms with Gasteiger partial charge < -0.3 is 10.1 Å². The molecule has 0 spiro atoms. The van der Waals surface area contributed by atoms with Gasteiger partial charge in [-0.1, -0.05) is 13.8 Å². The molecule has 2 aromatic rings. The molecule has 3 nitrogen and oxygen atoms in total. The van der Waals surface area contributed by atoms with Crippen LogP contribution in [0.25, 0.3) is 11.3 Å². The fraction of sp³-hybridized carbons (Fsp3) is 0.417. The van der Waals surface area contributed by atoms with Crippen LogP contribution in [0.4, 0.5) is 0 Å². The van der Waals surface area contributed by atoms with Gasteiger partial charge in [-0.05, 0) is 13.0 Å². The first-order valence-electron chi connectivity index (χ1n) is 5.26. The summed E-state index contributed by atoms with van der Waals surface area (Å²) in [5.74, 6) is 0. The van der Waals surface area contributed by atoms with Crippen LogP contribution in [0.1, 0.15) is 23.7 Å². The van der Waals surface area contributed by atoms with E-state index in [1.54, 1.807) is 11.3 Å². The Kier molecular flexibility index (Phi) is 2.86. The first kappa shape index (κ1) is 11.4. The quantitative estimate of drug-likeness (QED) is 0.861. The molecule has 0 aromatic carbocycles. The number of aromatic nitrogens is 2. The van der Waals surface area contributed by atoms with Crippen molar-refractivity contribution >= 4 is 11.3 Å². The van der Waals surface area contributed by atoms with Crippen molar-refractivity contribution in [1.29, 1.82) is 0 Å². The minimum Gasteiger partial charge on any atom is -0.395 e. The molecule has 0 bridgehead atoms. The molecule has 2 heterocycles. The van der Waals surface area contributed by atoms with E-state index < -0.39 is 0 Å². The second-order valence-corrected chi connectivity index (χ2v) is 5.77. The second kappa shape index (κ2) is 4.03. The number of thiazole rings is 1. The Hall–Kier alpha value is -1.13. The predicted octanol–water partition coefficient (Wildman–Crippen LogP) is 2.72. The van der Waals surface area contributed by atoms with E-state index in [2.05, 4.69) is 16.9 Å². The fourth-order valence-electron chi connectivity index (χ4n) is 1.49. The van der Waals surface area contributed by atoms with Crippen molar-refractivity contribution in [3.8, 4) is 11.3 Å². The maximum absolute atomic E-state index is 9.34. The van der Waals surface area contributed by atoms with Crippen molar-refractivity contribution in [2.24, 2.45) is 0 Å². The average Bonchev–Trinajstić information content (AvgIpc) is 2.86. The summed E-state index contributed by atoms with van der Waals surface area (Å²) >= 11 is 1.66. The summed E-state index contributed by atoms with van der Waals surface area (Å²) < 4.78 is 0. The van der Waals surface area contributed by atoms with Crippen LogP contribution >= 0.6 is 11.3 Å². The van der Waals surface area contributed by atoms with E-state index in [0.29, 0.717) is 0 Å². The number of nitrogens with zero attached hydrogens (tertiary/aromatic N) is 1. The van der Waals surface area contributed by atoms with Crippen LogP contribution < -0.4 is 0 Å². The minimum atomic E-state index is -0.260. The molecule has 0 aliphatic carbocycles. The predicted molar refractivity (Wildman–Crippen MR) is 66.7 cm³/mol. The van der Waals surface area contributed by atoms with Crippen molar-refractivity contribution < 1.29 is 5.11 Å². The van der Waals surface area contributed by atoms with E-state index in [0.717, 1.165) is 16.3 Å². The molecule has 0 atom stereocenters. The van der Waals surface area contributed by atoms with Crippen LogP contribution in [0.5, 0.6) is 0 Å². The summed E-state index contributed by atoms with van der Waals surface area (Å²) in [5, 5.41) is 10.3. The van der Waals surface area contributed by atoms with Gasteiger partial charge in [0.25, 0.3) is 0 Å². The zero-order chi connectivity index (χ0) is 11.8. The number of hydrogen-bond donors (Lipinski definition) is 2. The molecule has 2 rings (SSSR count). The van der Waals surface area contributed by atoms with Gasteiger partial charge in [0.1, 0.15) is 5.01 Å².